The minimum atomic E-state index is -0.511. The van der Waals surface area contributed by atoms with Crippen molar-refractivity contribution in [3.05, 3.63) is 36.3 Å². The summed E-state index contributed by atoms with van der Waals surface area (Å²) in [5.74, 6) is 1.02. The Labute approximate surface area is 137 Å². The van der Waals surface area contributed by atoms with Crippen LogP contribution in [0.2, 0.25) is 0 Å². The second-order valence-corrected chi connectivity index (χ2v) is 5.82. The van der Waals surface area contributed by atoms with Gasteiger partial charge in [-0.3, -0.25) is 15.2 Å². The third kappa shape index (κ3) is 2.41. The van der Waals surface area contributed by atoms with E-state index in [9.17, 15) is 9.59 Å². The molecule has 1 fully saturated rings. The summed E-state index contributed by atoms with van der Waals surface area (Å²) in [6, 6.07) is 7.10. The number of urea groups is 1. The van der Waals surface area contributed by atoms with Crippen LogP contribution in [0.5, 0.6) is 0 Å². The number of rotatable bonds is 4. The van der Waals surface area contributed by atoms with E-state index in [0.717, 1.165) is 16.5 Å². The summed E-state index contributed by atoms with van der Waals surface area (Å²) in [4.78, 5) is 27.2. The second-order valence-electron chi connectivity index (χ2n) is 5.82. The third-order valence-corrected chi connectivity index (χ3v) is 4.23. The normalized spacial score (nSPS) is 17.3. The summed E-state index contributed by atoms with van der Waals surface area (Å²) >= 11 is 0. The Morgan fingerprint density at radius 2 is 2.12 bits per heavy atom. The van der Waals surface area contributed by atoms with Gasteiger partial charge in [-0.1, -0.05) is 12.1 Å². The molecule has 0 spiro atoms. The molecule has 8 heteroatoms. The van der Waals surface area contributed by atoms with Gasteiger partial charge < -0.3 is 9.88 Å². The van der Waals surface area contributed by atoms with Crippen LogP contribution >= 0.6 is 0 Å². The molecule has 0 unspecified atom stereocenters. The summed E-state index contributed by atoms with van der Waals surface area (Å²) in [5, 5.41) is 13.1. The van der Waals surface area contributed by atoms with Crippen LogP contribution in [0.3, 0.4) is 0 Å². The predicted molar refractivity (Wildman–Crippen MR) is 87.1 cm³/mol. The zero-order valence-corrected chi connectivity index (χ0v) is 13.0. The molecule has 3 heterocycles. The Morgan fingerprint density at radius 3 is 2.92 bits per heavy atom. The largest absolute Gasteiger partial charge is 0.351 e. The number of benzene rings is 1. The van der Waals surface area contributed by atoms with Crippen LogP contribution in [-0.4, -0.2) is 37.7 Å². The predicted octanol–water partition coefficient (Wildman–Crippen LogP) is 1.10. The van der Waals surface area contributed by atoms with Gasteiger partial charge in [-0.05, 0) is 18.6 Å². The van der Waals surface area contributed by atoms with Crippen LogP contribution in [0.1, 0.15) is 12.2 Å². The summed E-state index contributed by atoms with van der Waals surface area (Å²) < 4.78 is 2.05. The smallest absolute Gasteiger partial charge is 0.322 e. The van der Waals surface area contributed by atoms with Crippen LogP contribution in [-0.2, 0) is 18.3 Å². The van der Waals surface area contributed by atoms with Gasteiger partial charge in [0.2, 0.25) is 0 Å². The van der Waals surface area contributed by atoms with E-state index in [1.54, 1.807) is 0 Å². The Bertz CT molecular complexity index is 941. The molecule has 0 bridgehead atoms. The van der Waals surface area contributed by atoms with Crippen molar-refractivity contribution in [3.63, 3.8) is 0 Å². The Balaban J connectivity index is 1.54. The number of hydrogen-bond donors (Lipinski definition) is 3. The molecule has 3 amide bonds. The van der Waals surface area contributed by atoms with Crippen LogP contribution in [0.4, 0.5) is 4.79 Å². The van der Waals surface area contributed by atoms with Gasteiger partial charge in [-0.25, -0.2) is 9.78 Å². The molecule has 1 aromatic carbocycles. The van der Waals surface area contributed by atoms with Crippen molar-refractivity contribution in [1.82, 2.24) is 30.4 Å². The van der Waals surface area contributed by atoms with E-state index in [0.29, 0.717) is 24.5 Å². The van der Waals surface area contributed by atoms with Crippen molar-refractivity contribution >= 4 is 22.8 Å². The van der Waals surface area contributed by atoms with Crippen molar-refractivity contribution in [2.45, 2.75) is 18.9 Å². The molecular weight excluding hydrogens is 308 g/mol. The number of carbonyl (C=O) groups is 2. The maximum Gasteiger partial charge on any atom is 0.322 e. The highest BCUT2D eigenvalue weighted by Gasteiger charge is 2.29. The number of hydrogen-bond acceptors (Lipinski definition) is 4. The molecule has 1 aliphatic heterocycles. The fraction of sp³-hybridized carbons (Fsp3) is 0.250. The quantitative estimate of drug-likeness (QED) is 0.625. The minimum Gasteiger partial charge on any atom is -0.351 e. The molecule has 0 radical (unpaired) electrons. The first-order chi connectivity index (χ1) is 11.6. The molecule has 3 aromatic rings. The van der Waals surface area contributed by atoms with Gasteiger partial charge in [0.1, 0.15) is 11.9 Å². The molecule has 122 valence electrons. The highest BCUT2D eigenvalue weighted by atomic mass is 16.2. The number of fused-ring (bicyclic) bond motifs is 1. The van der Waals surface area contributed by atoms with Gasteiger partial charge in [0, 0.05) is 36.1 Å². The van der Waals surface area contributed by atoms with Crippen molar-refractivity contribution in [1.29, 1.82) is 0 Å². The third-order valence-electron chi connectivity index (χ3n) is 4.23. The molecular formula is C16H16N6O2. The molecule has 1 saturated heterocycles. The van der Waals surface area contributed by atoms with E-state index in [2.05, 4.69) is 25.8 Å². The molecule has 8 nitrogen and oxygen atoms in total. The number of amides is 3. The lowest BCUT2D eigenvalue weighted by atomic mass is 10.1. The number of aryl methyl sites for hydroxylation is 2. The van der Waals surface area contributed by atoms with Gasteiger partial charge in [0.05, 0.1) is 0 Å². The van der Waals surface area contributed by atoms with Gasteiger partial charge in [-0.15, -0.1) is 0 Å². The van der Waals surface area contributed by atoms with Crippen LogP contribution in [0.25, 0.3) is 22.3 Å². The summed E-state index contributed by atoms with van der Waals surface area (Å²) in [6.07, 6.45) is 3.00. The molecule has 2 aromatic heterocycles. The fourth-order valence-electron chi connectivity index (χ4n) is 2.97. The standard InChI is InChI=1S/C16H16N6O2/c1-22-8-7-9-10(3-2-4-12(9)22)14-18-13(20-21-14)6-5-11-15(23)19-16(24)17-11/h2-4,7-8,11H,5-6H2,1H3,(H,18,20,21)(H2,17,19,23,24)/t11-/m0/s1. The Kier molecular flexibility index (Phi) is 3.30. The average Bonchev–Trinajstić information content (AvgIpc) is 3.25. The number of carbonyl (C=O) groups excluding carboxylic acids is 2. The summed E-state index contributed by atoms with van der Waals surface area (Å²) in [7, 11) is 2.00. The zero-order valence-electron chi connectivity index (χ0n) is 13.0. The van der Waals surface area contributed by atoms with Gasteiger partial charge in [0.15, 0.2) is 5.82 Å². The molecule has 1 aliphatic rings. The molecule has 0 aliphatic carbocycles. The Hall–Kier alpha value is -3.16. The van der Waals surface area contributed by atoms with Crippen LogP contribution in [0, 0.1) is 0 Å². The lowest BCUT2D eigenvalue weighted by Crippen LogP contribution is -2.29. The summed E-state index contributed by atoms with van der Waals surface area (Å²) in [5.41, 5.74) is 2.08. The summed E-state index contributed by atoms with van der Waals surface area (Å²) in [6.45, 7) is 0. The van der Waals surface area contributed by atoms with E-state index in [-0.39, 0.29) is 5.91 Å². The maximum atomic E-state index is 11.5. The number of nitrogens with one attached hydrogen (secondary N) is 3. The van der Waals surface area contributed by atoms with E-state index in [1.165, 1.54) is 0 Å². The molecule has 3 N–H and O–H groups in total. The SMILES string of the molecule is Cn1ccc2c(-c3n[nH]c(CC[C@@H]4NC(=O)NC4=O)n3)cccc21. The lowest BCUT2D eigenvalue weighted by molar-refractivity contribution is -0.120. The number of imide groups is 1. The van der Waals surface area contributed by atoms with Crippen molar-refractivity contribution < 1.29 is 9.59 Å². The van der Waals surface area contributed by atoms with Crippen molar-refractivity contribution in [3.8, 4) is 11.4 Å². The van der Waals surface area contributed by atoms with Gasteiger partial charge in [-0.2, -0.15) is 5.10 Å². The molecule has 0 saturated carbocycles. The number of aromatic amines is 1. The Morgan fingerprint density at radius 1 is 1.25 bits per heavy atom. The lowest BCUT2D eigenvalue weighted by Gasteiger charge is -2.04. The topological polar surface area (TPSA) is 105 Å². The highest BCUT2D eigenvalue weighted by molar-refractivity contribution is 6.04. The van der Waals surface area contributed by atoms with Crippen molar-refractivity contribution in [2.75, 3.05) is 0 Å². The second kappa shape index (κ2) is 5.48. The average molecular weight is 324 g/mol. The zero-order chi connectivity index (χ0) is 16.7. The number of aromatic nitrogens is 4. The van der Waals surface area contributed by atoms with Gasteiger partial charge in [0.25, 0.3) is 5.91 Å². The first-order valence-corrected chi connectivity index (χ1v) is 7.69. The van der Waals surface area contributed by atoms with E-state index in [4.69, 9.17) is 0 Å². The van der Waals surface area contributed by atoms with E-state index < -0.39 is 12.1 Å². The van der Waals surface area contributed by atoms with Crippen LogP contribution in [0.15, 0.2) is 30.5 Å². The fourth-order valence-corrected chi connectivity index (χ4v) is 2.97. The van der Waals surface area contributed by atoms with Gasteiger partial charge >= 0.3 is 6.03 Å². The first-order valence-electron chi connectivity index (χ1n) is 7.69. The highest BCUT2D eigenvalue weighted by Crippen LogP contribution is 2.26. The van der Waals surface area contributed by atoms with E-state index in [1.807, 2.05) is 42.1 Å². The maximum absolute atomic E-state index is 11.5. The number of H-pyrrole nitrogens is 1. The molecule has 4 rings (SSSR count). The minimum absolute atomic E-state index is 0.297. The first kappa shape index (κ1) is 14.4. The molecule has 24 heavy (non-hydrogen) atoms. The monoisotopic (exact) mass is 324 g/mol. The van der Waals surface area contributed by atoms with Crippen molar-refractivity contribution in [2.24, 2.45) is 7.05 Å². The van der Waals surface area contributed by atoms with E-state index >= 15 is 0 Å². The number of nitrogens with zero attached hydrogens (tertiary/aromatic N) is 3. The van der Waals surface area contributed by atoms with Crippen LogP contribution < -0.4 is 10.6 Å². The molecule has 1 atom stereocenters.